The normalized spacial score (nSPS) is 8.44. The molecule has 0 bridgehead atoms. The molecule has 4 nitrogen and oxygen atoms in total. The van der Waals surface area contributed by atoms with Crippen molar-refractivity contribution in [3.05, 3.63) is 12.2 Å². The van der Waals surface area contributed by atoms with Gasteiger partial charge in [-0.3, -0.25) is 0 Å². The first kappa shape index (κ1) is 11.2. The van der Waals surface area contributed by atoms with Crippen LogP contribution in [0.5, 0.6) is 0 Å². The second kappa shape index (κ2) is 5.56. The van der Waals surface area contributed by atoms with E-state index in [1.807, 2.05) is 0 Å². The molecule has 0 saturated heterocycles. The van der Waals surface area contributed by atoms with Crippen molar-refractivity contribution >= 4 is 11.9 Å². The minimum atomic E-state index is -1.26. The number of aliphatic carboxylic acids is 2. The maximum Gasteiger partial charge on any atom is 0.328 e. The van der Waals surface area contributed by atoms with Crippen LogP contribution in [0.2, 0.25) is 0 Å². The third-order valence-electron chi connectivity index (χ3n) is 0.368. The fourth-order valence-corrected chi connectivity index (χ4v) is 0.143. The van der Waals surface area contributed by atoms with Gasteiger partial charge in [0.25, 0.3) is 0 Å². The van der Waals surface area contributed by atoms with Crippen molar-refractivity contribution in [1.29, 1.82) is 0 Å². The van der Waals surface area contributed by atoms with Gasteiger partial charge in [0.15, 0.2) is 0 Å². The summed E-state index contributed by atoms with van der Waals surface area (Å²) < 4.78 is 0. The van der Waals surface area contributed by atoms with Crippen LogP contribution < -0.4 is 0 Å². The molecule has 0 spiro atoms. The van der Waals surface area contributed by atoms with Crippen LogP contribution >= 0.6 is 0 Å². The van der Waals surface area contributed by atoms with Crippen molar-refractivity contribution in [2.75, 3.05) is 0 Å². The standard InChI is InChI=1S/C4H4O4.Ag/c5-3(6)1-2-4(7)8;/h1-2H,(H,5,6)(H,7,8);/b2-1-;. The smallest absolute Gasteiger partial charge is 0.328 e. The average Bonchev–Trinajstić information content (AvgIpc) is 1.61. The Morgan fingerprint density at radius 1 is 1.00 bits per heavy atom. The van der Waals surface area contributed by atoms with Crippen LogP contribution in [-0.4, -0.2) is 22.2 Å². The molecule has 0 aromatic rings. The quantitative estimate of drug-likeness (QED) is 0.499. The van der Waals surface area contributed by atoms with Gasteiger partial charge in [0.1, 0.15) is 0 Å². The monoisotopic (exact) mass is 223 g/mol. The molecule has 0 aromatic heterocycles. The molecule has 55 valence electrons. The zero-order chi connectivity index (χ0) is 6.57. The molecule has 0 aliphatic rings. The van der Waals surface area contributed by atoms with Crippen molar-refractivity contribution in [3.8, 4) is 0 Å². The van der Waals surface area contributed by atoms with E-state index in [9.17, 15) is 9.59 Å². The van der Waals surface area contributed by atoms with E-state index in [4.69, 9.17) is 10.2 Å². The Bertz CT molecular complexity index is 124. The average molecular weight is 224 g/mol. The molecule has 0 aromatic carbocycles. The van der Waals surface area contributed by atoms with Crippen LogP contribution in [0.4, 0.5) is 0 Å². The maximum atomic E-state index is 9.55. The predicted molar refractivity (Wildman–Crippen MR) is 24.4 cm³/mol. The van der Waals surface area contributed by atoms with Crippen molar-refractivity contribution in [2.24, 2.45) is 0 Å². The predicted octanol–water partition coefficient (Wildman–Crippen LogP) is -0.291. The Labute approximate surface area is 66.7 Å². The van der Waals surface area contributed by atoms with E-state index in [1.54, 1.807) is 0 Å². The third-order valence-corrected chi connectivity index (χ3v) is 0.368. The summed E-state index contributed by atoms with van der Waals surface area (Å²) in [7, 11) is 0. The van der Waals surface area contributed by atoms with Crippen LogP contribution in [0.25, 0.3) is 0 Å². The van der Waals surface area contributed by atoms with Crippen LogP contribution in [0, 0.1) is 0 Å². The first-order valence-corrected chi connectivity index (χ1v) is 1.77. The second-order valence-electron chi connectivity index (χ2n) is 1.01. The molecule has 0 aliphatic carbocycles. The fraction of sp³-hybridized carbons (Fsp3) is 0. The number of carbonyl (C=O) groups is 2. The summed E-state index contributed by atoms with van der Waals surface area (Å²) in [5.74, 6) is -2.51. The molecular weight excluding hydrogens is 220 g/mol. The van der Waals surface area contributed by atoms with Gasteiger partial charge in [0.2, 0.25) is 0 Å². The summed E-state index contributed by atoms with van der Waals surface area (Å²) in [6.45, 7) is 0. The van der Waals surface area contributed by atoms with E-state index in [0.717, 1.165) is 0 Å². The minimum absolute atomic E-state index is 0. The molecular formula is C4H4AgO4. The molecule has 0 fully saturated rings. The number of carboxylic acid groups (broad SMARTS) is 2. The van der Waals surface area contributed by atoms with Crippen molar-refractivity contribution in [3.63, 3.8) is 0 Å². The zero-order valence-electron chi connectivity index (χ0n) is 4.17. The van der Waals surface area contributed by atoms with Crippen LogP contribution in [0.1, 0.15) is 0 Å². The van der Waals surface area contributed by atoms with Crippen LogP contribution in [0.15, 0.2) is 12.2 Å². The summed E-state index contributed by atoms with van der Waals surface area (Å²) in [4.78, 5) is 19.1. The molecule has 0 atom stereocenters. The number of hydrogen-bond acceptors (Lipinski definition) is 2. The molecule has 2 N–H and O–H groups in total. The van der Waals surface area contributed by atoms with Gasteiger partial charge >= 0.3 is 11.9 Å². The SMILES string of the molecule is O=C(O)/C=C\C(=O)O.[Ag]. The molecule has 0 aliphatic heterocycles. The van der Waals surface area contributed by atoms with Gasteiger partial charge in [-0.25, -0.2) is 9.59 Å². The van der Waals surface area contributed by atoms with Gasteiger partial charge in [-0.2, -0.15) is 0 Å². The van der Waals surface area contributed by atoms with Crippen LogP contribution in [-0.2, 0) is 32.0 Å². The summed E-state index contributed by atoms with van der Waals surface area (Å²) in [5, 5.41) is 15.6. The second-order valence-corrected chi connectivity index (χ2v) is 1.01. The Morgan fingerprint density at radius 2 is 1.22 bits per heavy atom. The van der Waals surface area contributed by atoms with Crippen LogP contribution in [0.3, 0.4) is 0 Å². The van der Waals surface area contributed by atoms with E-state index in [0.29, 0.717) is 12.2 Å². The van der Waals surface area contributed by atoms with Gasteiger partial charge in [0.05, 0.1) is 0 Å². The van der Waals surface area contributed by atoms with E-state index >= 15 is 0 Å². The molecule has 0 unspecified atom stereocenters. The summed E-state index contributed by atoms with van der Waals surface area (Å²) in [5.41, 5.74) is 0. The van der Waals surface area contributed by atoms with Gasteiger partial charge in [-0.1, -0.05) is 0 Å². The van der Waals surface area contributed by atoms with Gasteiger partial charge < -0.3 is 10.2 Å². The fourth-order valence-electron chi connectivity index (χ4n) is 0.143. The summed E-state index contributed by atoms with van der Waals surface area (Å²) >= 11 is 0. The van der Waals surface area contributed by atoms with Gasteiger partial charge in [-0.05, 0) is 0 Å². The number of carboxylic acids is 2. The van der Waals surface area contributed by atoms with Gasteiger partial charge in [-0.15, -0.1) is 0 Å². The summed E-state index contributed by atoms with van der Waals surface area (Å²) in [6, 6.07) is 0. The molecule has 1 radical (unpaired) electrons. The summed E-state index contributed by atoms with van der Waals surface area (Å²) in [6.07, 6.45) is 1.12. The Balaban J connectivity index is 0. The van der Waals surface area contributed by atoms with E-state index in [1.165, 1.54) is 0 Å². The molecule has 0 rings (SSSR count). The number of hydrogen-bond donors (Lipinski definition) is 2. The molecule has 9 heavy (non-hydrogen) atoms. The maximum absolute atomic E-state index is 9.55. The van der Waals surface area contributed by atoms with E-state index < -0.39 is 11.9 Å². The largest absolute Gasteiger partial charge is 0.478 e. The third kappa shape index (κ3) is 11.2. The zero-order valence-corrected chi connectivity index (χ0v) is 5.65. The Morgan fingerprint density at radius 3 is 1.33 bits per heavy atom. The first-order valence-electron chi connectivity index (χ1n) is 1.77. The van der Waals surface area contributed by atoms with Crippen molar-refractivity contribution in [1.82, 2.24) is 0 Å². The topological polar surface area (TPSA) is 74.6 Å². The van der Waals surface area contributed by atoms with Gasteiger partial charge in [0, 0.05) is 34.5 Å². The van der Waals surface area contributed by atoms with E-state index in [2.05, 4.69) is 0 Å². The van der Waals surface area contributed by atoms with Crippen molar-refractivity contribution in [2.45, 2.75) is 0 Å². The molecule has 0 saturated carbocycles. The molecule has 0 amide bonds. The molecule has 5 heteroatoms. The molecule has 0 heterocycles. The first-order chi connectivity index (χ1) is 3.63. The van der Waals surface area contributed by atoms with E-state index in [-0.39, 0.29) is 22.4 Å². The Hall–Kier alpha value is -0.580. The minimum Gasteiger partial charge on any atom is -0.478 e. The Kier molecular flexibility index (Phi) is 6.94. The number of rotatable bonds is 2. The van der Waals surface area contributed by atoms with Crippen molar-refractivity contribution < 1.29 is 42.2 Å².